The predicted octanol–water partition coefficient (Wildman–Crippen LogP) is 12.7. The van der Waals surface area contributed by atoms with Crippen molar-refractivity contribution in [2.24, 2.45) is 0 Å². The number of hydrogen-bond acceptors (Lipinski definition) is 3. The summed E-state index contributed by atoms with van der Waals surface area (Å²) in [7, 11) is 0. The average molecular weight is 706 g/mol. The molecule has 0 unspecified atom stereocenters. The highest BCUT2D eigenvalue weighted by molar-refractivity contribution is 6.18. The van der Waals surface area contributed by atoms with Crippen LogP contribution < -0.4 is 0 Å². The van der Waals surface area contributed by atoms with Gasteiger partial charge in [-0.1, -0.05) is 91.0 Å². The number of H-pyrrole nitrogens is 1. The van der Waals surface area contributed by atoms with Gasteiger partial charge in [0.05, 0.1) is 27.6 Å². The Labute approximate surface area is 314 Å². The minimum absolute atomic E-state index is 0.861. The van der Waals surface area contributed by atoms with Gasteiger partial charge in [-0.15, -0.1) is 0 Å². The van der Waals surface area contributed by atoms with Gasteiger partial charge in [-0.3, -0.25) is 9.13 Å². The summed E-state index contributed by atoms with van der Waals surface area (Å²) in [6.45, 7) is 2.11. The van der Waals surface area contributed by atoms with Crippen LogP contribution in [0.2, 0.25) is 0 Å². The van der Waals surface area contributed by atoms with Gasteiger partial charge in [0.1, 0.15) is 22.8 Å². The quantitative estimate of drug-likeness (QED) is 0.198. The van der Waals surface area contributed by atoms with E-state index < -0.39 is 0 Å². The van der Waals surface area contributed by atoms with E-state index >= 15 is 0 Å². The van der Waals surface area contributed by atoms with Gasteiger partial charge in [0.2, 0.25) is 0 Å². The molecular formula is C49H31N5O. The number of para-hydroxylation sites is 5. The van der Waals surface area contributed by atoms with Crippen molar-refractivity contribution < 1.29 is 4.42 Å². The highest BCUT2D eigenvalue weighted by Gasteiger charge is 2.22. The molecule has 0 aliphatic heterocycles. The Bertz CT molecular complexity index is 3510. The molecule has 5 aromatic heterocycles. The summed E-state index contributed by atoms with van der Waals surface area (Å²) in [5, 5.41) is 6.92. The van der Waals surface area contributed by atoms with Crippen molar-refractivity contribution in [2.75, 3.05) is 0 Å². The van der Waals surface area contributed by atoms with Crippen LogP contribution in [0.5, 0.6) is 0 Å². The number of furan rings is 1. The number of aryl methyl sites for hydroxylation is 1. The van der Waals surface area contributed by atoms with E-state index in [1.165, 1.54) is 10.8 Å². The molecular weight excluding hydrogens is 675 g/mol. The first kappa shape index (κ1) is 30.1. The Morgan fingerprint density at radius 2 is 1.31 bits per heavy atom. The molecule has 6 nitrogen and oxygen atoms in total. The fraction of sp³-hybridized carbons (Fsp3) is 0.0204. The van der Waals surface area contributed by atoms with Crippen LogP contribution in [0.3, 0.4) is 0 Å². The molecule has 0 aliphatic carbocycles. The van der Waals surface area contributed by atoms with Crippen LogP contribution in [0, 0.1) is 6.92 Å². The lowest BCUT2D eigenvalue weighted by atomic mass is 10.0. The van der Waals surface area contributed by atoms with E-state index in [0.717, 1.165) is 105 Å². The second-order valence-electron chi connectivity index (χ2n) is 14.4. The summed E-state index contributed by atoms with van der Waals surface area (Å²) in [6, 6.07) is 55.7. The molecule has 0 amide bonds. The molecule has 0 atom stereocenters. The van der Waals surface area contributed by atoms with Crippen LogP contribution in [0.25, 0.3) is 111 Å². The van der Waals surface area contributed by atoms with E-state index in [1.807, 2.05) is 24.4 Å². The number of rotatable bonds is 4. The second kappa shape index (κ2) is 11.3. The smallest absolute Gasteiger partial charge is 0.147 e. The van der Waals surface area contributed by atoms with Crippen molar-refractivity contribution in [1.29, 1.82) is 0 Å². The summed E-state index contributed by atoms with van der Waals surface area (Å²) in [6.07, 6.45) is 1.89. The largest absolute Gasteiger partial charge is 0.456 e. The number of aromatic amines is 1. The fourth-order valence-corrected chi connectivity index (χ4v) is 8.70. The monoisotopic (exact) mass is 705 g/mol. The van der Waals surface area contributed by atoms with Crippen LogP contribution in [0.15, 0.2) is 168 Å². The van der Waals surface area contributed by atoms with Gasteiger partial charge in [-0.05, 0) is 78.7 Å². The lowest BCUT2D eigenvalue weighted by molar-refractivity contribution is 0.669. The highest BCUT2D eigenvalue weighted by atomic mass is 16.3. The number of nitrogens with one attached hydrogen (secondary N) is 1. The summed E-state index contributed by atoms with van der Waals surface area (Å²) < 4.78 is 11.0. The van der Waals surface area contributed by atoms with Crippen LogP contribution in [0.1, 0.15) is 5.56 Å². The third kappa shape index (κ3) is 4.36. The fourth-order valence-electron chi connectivity index (χ4n) is 8.70. The number of imidazole rings is 1. The van der Waals surface area contributed by atoms with Crippen LogP contribution in [-0.4, -0.2) is 24.1 Å². The van der Waals surface area contributed by atoms with Crippen LogP contribution in [0.4, 0.5) is 0 Å². The number of pyridine rings is 1. The third-order valence-electron chi connectivity index (χ3n) is 11.2. The van der Waals surface area contributed by atoms with Crippen molar-refractivity contribution in [3.05, 3.63) is 169 Å². The van der Waals surface area contributed by atoms with Crippen molar-refractivity contribution in [2.45, 2.75) is 6.92 Å². The van der Waals surface area contributed by atoms with Gasteiger partial charge in [0.25, 0.3) is 0 Å². The minimum atomic E-state index is 0.861. The van der Waals surface area contributed by atoms with E-state index in [1.54, 1.807) is 0 Å². The molecule has 0 bridgehead atoms. The first-order valence-corrected chi connectivity index (χ1v) is 18.6. The van der Waals surface area contributed by atoms with Gasteiger partial charge < -0.3 is 9.40 Å². The Balaban J connectivity index is 1.14. The standard InChI is InChI=1S/C49H31N5O/c1-29-23-24-50-46(25-29)54-42-26-30(21-22-34(42)38-27-39-35-14-6-8-20-44(35)55-45(39)28-43(38)54)32-15-10-19-41-48(32)52-49(53(41)31-11-3-2-4-12-31)37-17-9-16-36-33-13-5-7-18-40(33)51-47(36)37/h2-28,51H,1H3. The maximum Gasteiger partial charge on any atom is 0.147 e. The van der Waals surface area contributed by atoms with E-state index in [2.05, 4.69) is 161 Å². The maximum atomic E-state index is 6.40. The van der Waals surface area contributed by atoms with E-state index in [4.69, 9.17) is 14.4 Å². The van der Waals surface area contributed by atoms with Gasteiger partial charge >= 0.3 is 0 Å². The van der Waals surface area contributed by atoms with E-state index in [0.29, 0.717) is 0 Å². The van der Waals surface area contributed by atoms with Crippen molar-refractivity contribution in [3.8, 4) is 34.0 Å². The molecule has 1 N–H and O–H groups in total. The van der Waals surface area contributed by atoms with Crippen LogP contribution >= 0.6 is 0 Å². The van der Waals surface area contributed by atoms with Gasteiger partial charge in [0, 0.05) is 66.9 Å². The van der Waals surface area contributed by atoms with E-state index in [-0.39, 0.29) is 0 Å². The Hall–Kier alpha value is -7.44. The normalized spacial score (nSPS) is 12.1. The molecule has 0 spiro atoms. The first-order valence-electron chi connectivity index (χ1n) is 18.6. The second-order valence-corrected chi connectivity index (χ2v) is 14.4. The molecule has 12 aromatic rings. The van der Waals surface area contributed by atoms with Crippen molar-refractivity contribution in [3.63, 3.8) is 0 Å². The molecule has 0 saturated heterocycles. The Kier molecular flexibility index (Phi) is 6.17. The molecule has 0 fully saturated rings. The number of fused-ring (bicyclic) bond motifs is 10. The SMILES string of the molecule is Cc1ccnc(-n2c3cc(-c4cccc5c4nc(-c4cccc6c4[nH]c4ccccc46)n5-c4ccccc4)ccc3c3cc4c(cc32)oc2ccccc24)c1. The summed E-state index contributed by atoms with van der Waals surface area (Å²) in [5.41, 5.74) is 13.4. The predicted molar refractivity (Wildman–Crippen MR) is 225 cm³/mol. The van der Waals surface area contributed by atoms with Gasteiger partial charge in [-0.25, -0.2) is 9.97 Å². The van der Waals surface area contributed by atoms with E-state index in [9.17, 15) is 0 Å². The zero-order chi connectivity index (χ0) is 36.2. The molecule has 258 valence electrons. The summed E-state index contributed by atoms with van der Waals surface area (Å²) in [4.78, 5) is 14.2. The van der Waals surface area contributed by atoms with Gasteiger partial charge in [-0.2, -0.15) is 0 Å². The topological polar surface area (TPSA) is 64.6 Å². The first-order chi connectivity index (χ1) is 27.2. The van der Waals surface area contributed by atoms with Crippen molar-refractivity contribution in [1.82, 2.24) is 24.1 Å². The molecule has 6 heteroatoms. The maximum absolute atomic E-state index is 6.40. The number of nitrogens with zero attached hydrogens (tertiary/aromatic N) is 4. The minimum Gasteiger partial charge on any atom is -0.456 e. The number of aromatic nitrogens is 5. The lowest BCUT2D eigenvalue weighted by Gasteiger charge is -2.11. The molecule has 0 saturated carbocycles. The number of hydrogen-bond donors (Lipinski definition) is 1. The average Bonchev–Trinajstić information content (AvgIpc) is 3.98. The highest BCUT2D eigenvalue weighted by Crippen LogP contribution is 2.42. The number of benzene rings is 7. The molecule has 7 aromatic carbocycles. The Morgan fingerprint density at radius 1 is 0.527 bits per heavy atom. The summed E-state index contributed by atoms with van der Waals surface area (Å²) in [5.74, 6) is 1.76. The molecule has 55 heavy (non-hydrogen) atoms. The lowest BCUT2D eigenvalue weighted by Crippen LogP contribution is -1.98. The van der Waals surface area contributed by atoms with Crippen LogP contribution in [-0.2, 0) is 0 Å². The third-order valence-corrected chi connectivity index (χ3v) is 11.2. The zero-order valence-corrected chi connectivity index (χ0v) is 29.8. The van der Waals surface area contributed by atoms with Crippen molar-refractivity contribution >= 4 is 76.6 Å². The molecule has 0 radical (unpaired) electrons. The zero-order valence-electron chi connectivity index (χ0n) is 29.8. The summed E-state index contributed by atoms with van der Waals surface area (Å²) >= 11 is 0. The molecule has 0 aliphatic rings. The van der Waals surface area contributed by atoms with Gasteiger partial charge in [0.15, 0.2) is 0 Å². The molecule has 12 rings (SSSR count). The Morgan fingerprint density at radius 3 is 2.22 bits per heavy atom. The molecule has 5 heterocycles.